The summed E-state index contributed by atoms with van der Waals surface area (Å²) in [5.74, 6) is 2.73. The second-order valence-electron chi connectivity index (χ2n) is 6.24. The van der Waals surface area contributed by atoms with Gasteiger partial charge in [0.2, 0.25) is 0 Å². The van der Waals surface area contributed by atoms with Gasteiger partial charge in [0.1, 0.15) is 11.6 Å². The Morgan fingerprint density at radius 3 is 2.86 bits per heavy atom. The molecule has 0 radical (unpaired) electrons. The summed E-state index contributed by atoms with van der Waals surface area (Å²) in [4.78, 5) is 6.93. The van der Waals surface area contributed by atoms with Crippen molar-refractivity contribution in [3.8, 4) is 0 Å². The summed E-state index contributed by atoms with van der Waals surface area (Å²) < 4.78 is 7.57. The summed E-state index contributed by atoms with van der Waals surface area (Å²) in [6.07, 6.45) is 2.48. The fourth-order valence-corrected chi connectivity index (χ4v) is 2.87. The van der Waals surface area contributed by atoms with Gasteiger partial charge in [0, 0.05) is 25.6 Å². The van der Waals surface area contributed by atoms with Crippen LogP contribution in [-0.4, -0.2) is 26.7 Å². The van der Waals surface area contributed by atoms with Gasteiger partial charge in [-0.05, 0) is 32.0 Å². The van der Waals surface area contributed by atoms with Crippen molar-refractivity contribution in [1.29, 1.82) is 0 Å². The minimum Gasteiger partial charge on any atom is -0.361 e. The first kappa shape index (κ1) is 13.5. The van der Waals surface area contributed by atoms with Crippen LogP contribution in [0.3, 0.4) is 0 Å². The summed E-state index contributed by atoms with van der Waals surface area (Å²) >= 11 is 0. The Bertz CT molecular complexity index is 800. The van der Waals surface area contributed by atoms with Gasteiger partial charge in [0.15, 0.2) is 0 Å². The molecule has 22 heavy (non-hydrogen) atoms. The van der Waals surface area contributed by atoms with Crippen LogP contribution in [0, 0.1) is 0 Å². The number of hydrogen-bond acceptors (Lipinski definition) is 4. The minimum atomic E-state index is 0.617. The molecule has 1 aliphatic carbocycles. The van der Waals surface area contributed by atoms with Gasteiger partial charge in [0.05, 0.1) is 23.3 Å². The molecular weight excluding hydrogens is 276 g/mol. The highest BCUT2D eigenvalue weighted by molar-refractivity contribution is 5.75. The van der Waals surface area contributed by atoms with Crippen LogP contribution >= 0.6 is 0 Å². The van der Waals surface area contributed by atoms with Gasteiger partial charge in [-0.15, -0.1) is 0 Å². The largest absolute Gasteiger partial charge is 0.361 e. The smallest absolute Gasteiger partial charge is 0.140 e. The third kappa shape index (κ3) is 2.52. The summed E-state index contributed by atoms with van der Waals surface area (Å²) in [6, 6.07) is 10.3. The van der Waals surface area contributed by atoms with Crippen LogP contribution in [0.4, 0.5) is 0 Å². The lowest BCUT2D eigenvalue weighted by Crippen LogP contribution is -2.19. The molecule has 2 heterocycles. The maximum atomic E-state index is 5.41. The summed E-state index contributed by atoms with van der Waals surface area (Å²) in [7, 11) is 4.16. The van der Waals surface area contributed by atoms with Gasteiger partial charge in [-0.1, -0.05) is 17.3 Å². The third-order valence-corrected chi connectivity index (χ3v) is 4.28. The number of para-hydroxylation sites is 2. The van der Waals surface area contributed by atoms with E-state index in [1.54, 1.807) is 0 Å². The average Bonchev–Trinajstić information content (AvgIpc) is 3.19. The number of imidazole rings is 1. The first-order chi connectivity index (χ1) is 10.7. The Hall–Kier alpha value is -2.14. The Morgan fingerprint density at radius 1 is 1.27 bits per heavy atom. The standard InChI is InChI=1S/C17H20N4O/c1-20(10-13-9-16(22-19-13)12-7-8-12)11-17-18-14-5-3-4-6-15(14)21(17)2/h3-6,9,12H,7-8,10-11H2,1-2H3. The zero-order valence-corrected chi connectivity index (χ0v) is 13.0. The number of fused-ring (bicyclic) bond motifs is 1. The molecule has 5 heteroatoms. The normalized spacial score (nSPS) is 15.0. The van der Waals surface area contributed by atoms with Gasteiger partial charge in [-0.25, -0.2) is 4.98 Å². The molecule has 0 spiro atoms. The van der Waals surface area contributed by atoms with E-state index in [-0.39, 0.29) is 0 Å². The fraction of sp³-hybridized carbons (Fsp3) is 0.412. The van der Waals surface area contributed by atoms with E-state index in [1.807, 2.05) is 12.1 Å². The van der Waals surface area contributed by atoms with Crippen molar-refractivity contribution in [3.63, 3.8) is 0 Å². The maximum absolute atomic E-state index is 5.41. The molecule has 0 atom stereocenters. The molecule has 3 aromatic rings. The van der Waals surface area contributed by atoms with Crippen LogP contribution in [0.2, 0.25) is 0 Å². The monoisotopic (exact) mass is 296 g/mol. The molecule has 0 unspecified atom stereocenters. The lowest BCUT2D eigenvalue weighted by Gasteiger charge is -2.14. The Kier molecular flexibility index (Phi) is 3.22. The summed E-state index contributed by atoms with van der Waals surface area (Å²) in [5.41, 5.74) is 3.22. The van der Waals surface area contributed by atoms with E-state index >= 15 is 0 Å². The van der Waals surface area contributed by atoms with Crippen molar-refractivity contribution in [1.82, 2.24) is 19.6 Å². The maximum Gasteiger partial charge on any atom is 0.140 e. The highest BCUT2D eigenvalue weighted by atomic mass is 16.5. The van der Waals surface area contributed by atoms with Crippen molar-refractivity contribution in [2.24, 2.45) is 7.05 Å². The van der Waals surface area contributed by atoms with E-state index in [9.17, 15) is 0 Å². The number of benzene rings is 1. The van der Waals surface area contributed by atoms with Crippen LogP contribution in [0.25, 0.3) is 11.0 Å². The molecule has 0 saturated heterocycles. The molecule has 1 aliphatic rings. The molecule has 4 rings (SSSR count). The molecule has 1 aromatic carbocycles. The molecular formula is C17H20N4O. The number of hydrogen-bond donors (Lipinski definition) is 0. The van der Waals surface area contributed by atoms with Crippen molar-refractivity contribution in [3.05, 3.63) is 47.6 Å². The lowest BCUT2D eigenvalue weighted by molar-refractivity contribution is 0.292. The van der Waals surface area contributed by atoms with E-state index in [0.29, 0.717) is 5.92 Å². The van der Waals surface area contributed by atoms with Crippen molar-refractivity contribution in [2.45, 2.75) is 31.8 Å². The molecule has 0 bridgehead atoms. The number of nitrogens with zero attached hydrogens (tertiary/aromatic N) is 4. The quantitative estimate of drug-likeness (QED) is 0.726. The number of aryl methyl sites for hydroxylation is 1. The van der Waals surface area contributed by atoms with E-state index in [0.717, 1.165) is 35.9 Å². The van der Waals surface area contributed by atoms with Crippen LogP contribution in [-0.2, 0) is 20.1 Å². The Labute approximate surface area is 129 Å². The van der Waals surface area contributed by atoms with Crippen LogP contribution in [0.1, 0.15) is 36.0 Å². The molecule has 0 amide bonds. The third-order valence-electron chi connectivity index (χ3n) is 4.28. The highest BCUT2D eigenvalue weighted by Gasteiger charge is 2.27. The van der Waals surface area contributed by atoms with E-state index in [2.05, 4.69) is 46.9 Å². The van der Waals surface area contributed by atoms with E-state index < -0.39 is 0 Å². The van der Waals surface area contributed by atoms with Gasteiger partial charge >= 0.3 is 0 Å². The van der Waals surface area contributed by atoms with Crippen LogP contribution < -0.4 is 0 Å². The molecule has 5 nitrogen and oxygen atoms in total. The van der Waals surface area contributed by atoms with Crippen molar-refractivity contribution < 1.29 is 4.52 Å². The van der Waals surface area contributed by atoms with Crippen molar-refractivity contribution >= 4 is 11.0 Å². The first-order valence-electron chi connectivity index (χ1n) is 7.75. The lowest BCUT2D eigenvalue weighted by atomic mass is 10.3. The molecule has 2 aromatic heterocycles. The van der Waals surface area contributed by atoms with E-state index in [1.165, 1.54) is 18.4 Å². The summed E-state index contributed by atoms with van der Waals surface area (Å²) in [5, 5.41) is 4.18. The molecule has 1 fully saturated rings. The predicted octanol–water partition coefficient (Wildman–Crippen LogP) is 3.07. The number of rotatable bonds is 5. The van der Waals surface area contributed by atoms with Crippen molar-refractivity contribution in [2.75, 3.05) is 7.05 Å². The second kappa shape index (κ2) is 5.25. The molecule has 0 N–H and O–H groups in total. The van der Waals surface area contributed by atoms with Gasteiger partial charge in [0.25, 0.3) is 0 Å². The number of aromatic nitrogens is 3. The predicted molar refractivity (Wildman–Crippen MR) is 84.4 cm³/mol. The molecule has 114 valence electrons. The fourth-order valence-electron chi connectivity index (χ4n) is 2.87. The second-order valence-corrected chi connectivity index (χ2v) is 6.24. The highest BCUT2D eigenvalue weighted by Crippen LogP contribution is 2.40. The van der Waals surface area contributed by atoms with E-state index in [4.69, 9.17) is 9.51 Å². The summed E-state index contributed by atoms with van der Waals surface area (Å²) in [6.45, 7) is 1.57. The Balaban J connectivity index is 1.47. The van der Waals surface area contributed by atoms with Gasteiger partial charge in [-0.2, -0.15) is 0 Å². The molecule has 0 aliphatic heterocycles. The van der Waals surface area contributed by atoms with Gasteiger partial charge in [-0.3, -0.25) is 4.90 Å². The average molecular weight is 296 g/mol. The van der Waals surface area contributed by atoms with Crippen LogP contribution in [0.15, 0.2) is 34.9 Å². The Morgan fingerprint density at radius 2 is 2.09 bits per heavy atom. The zero-order chi connectivity index (χ0) is 15.1. The topological polar surface area (TPSA) is 47.1 Å². The van der Waals surface area contributed by atoms with Crippen LogP contribution in [0.5, 0.6) is 0 Å². The SMILES string of the molecule is CN(Cc1cc(C2CC2)on1)Cc1nc2ccccc2n1C. The molecule has 1 saturated carbocycles. The van der Waals surface area contributed by atoms with Gasteiger partial charge < -0.3 is 9.09 Å². The minimum absolute atomic E-state index is 0.617. The first-order valence-corrected chi connectivity index (χ1v) is 7.75. The zero-order valence-electron chi connectivity index (χ0n) is 13.0.